The molecule has 2 aromatic rings. The van der Waals surface area contributed by atoms with E-state index in [4.69, 9.17) is 33.3 Å². The molecule has 0 aliphatic heterocycles. The third-order valence-electron chi connectivity index (χ3n) is 2.86. The molecule has 0 radical (unpaired) electrons. The van der Waals surface area contributed by atoms with Gasteiger partial charge in [0.25, 0.3) is 0 Å². The second-order valence-corrected chi connectivity index (χ2v) is 5.06. The average molecular weight is 341 g/mol. The van der Waals surface area contributed by atoms with Crippen LogP contribution in [-0.4, -0.2) is 19.3 Å². The lowest BCUT2D eigenvalue weighted by molar-refractivity contribution is 0.395. The first-order valence-corrected chi connectivity index (χ1v) is 7.08. The number of anilines is 2. The van der Waals surface area contributed by atoms with Crippen LogP contribution in [0.3, 0.4) is 0 Å². The quantitative estimate of drug-likeness (QED) is 0.812. The number of benzene rings is 2. The summed E-state index contributed by atoms with van der Waals surface area (Å²) in [7, 11) is 3.10. The zero-order valence-corrected chi connectivity index (χ0v) is 13.5. The lowest BCUT2D eigenvalue weighted by Crippen LogP contribution is -2.20. The molecule has 0 amide bonds. The maximum absolute atomic E-state index is 13.8. The van der Waals surface area contributed by atoms with Crippen LogP contribution < -0.4 is 20.1 Å². The largest absolute Gasteiger partial charge is 0.497 e. The third-order valence-corrected chi connectivity index (χ3v) is 3.35. The Labute approximate surface area is 138 Å². The summed E-state index contributed by atoms with van der Waals surface area (Å²) in [6.07, 6.45) is 0. The van der Waals surface area contributed by atoms with Crippen LogP contribution in [0.25, 0.3) is 0 Å². The maximum Gasteiger partial charge on any atom is 0.175 e. The van der Waals surface area contributed by atoms with E-state index >= 15 is 0 Å². The third kappa shape index (κ3) is 3.78. The van der Waals surface area contributed by atoms with Gasteiger partial charge >= 0.3 is 0 Å². The van der Waals surface area contributed by atoms with Gasteiger partial charge in [-0.15, -0.1) is 0 Å². The summed E-state index contributed by atoms with van der Waals surface area (Å²) in [4.78, 5) is 0. The minimum atomic E-state index is -0.560. The van der Waals surface area contributed by atoms with Gasteiger partial charge in [-0.3, -0.25) is 0 Å². The van der Waals surface area contributed by atoms with Crippen LogP contribution in [-0.2, 0) is 0 Å². The average Bonchev–Trinajstić information content (AvgIpc) is 2.52. The van der Waals surface area contributed by atoms with Gasteiger partial charge in [-0.05, 0) is 36.5 Å². The summed E-state index contributed by atoms with van der Waals surface area (Å²) in [5.74, 6) is 0.646. The van der Waals surface area contributed by atoms with Crippen LogP contribution in [0, 0.1) is 5.82 Å². The molecule has 2 aromatic carbocycles. The van der Waals surface area contributed by atoms with Gasteiger partial charge in [0.1, 0.15) is 11.5 Å². The molecule has 0 aliphatic carbocycles. The van der Waals surface area contributed by atoms with E-state index in [9.17, 15) is 4.39 Å². The number of rotatable bonds is 4. The summed E-state index contributed by atoms with van der Waals surface area (Å²) in [6.45, 7) is 0. The number of nitrogens with one attached hydrogen (secondary N) is 2. The molecule has 7 heteroatoms. The Morgan fingerprint density at radius 1 is 1.09 bits per heavy atom. The lowest BCUT2D eigenvalue weighted by atomic mass is 10.2. The second-order valence-electron chi connectivity index (χ2n) is 4.25. The van der Waals surface area contributed by atoms with E-state index in [0.29, 0.717) is 17.2 Å². The van der Waals surface area contributed by atoms with Crippen molar-refractivity contribution in [2.24, 2.45) is 0 Å². The minimum absolute atomic E-state index is 0.0230. The van der Waals surface area contributed by atoms with E-state index in [2.05, 4.69) is 10.6 Å². The number of hydrogen-bond donors (Lipinski definition) is 2. The van der Waals surface area contributed by atoms with Gasteiger partial charge < -0.3 is 20.1 Å². The van der Waals surface area contributed by atoms with Crippen LogP contribution in [0.4, 0.5) is 15.8 Å². The maximum atomic E-state index is 13.8. The standard InChI is InChI=1S/C15H14ClFN2O2S/c1-20-9-6-7-11(13(8-9)21-2)18-15(22)19-12-5-3-4-10(16)14(12)17/h3-8H,1-2H3,(H2,18,19,22). The van der Waals surface area contributed by atoms with E-state index < -0.39 is 5.82 Å². The molecule has 0 saturated heterocycles. The highest BCUT2D eigenvalue weighted by molar-refractivity contribution is 7.80. The van der Waals surface area contributed by atoms with E-state index in [0.717, 1.165) is 0 Å². The lowest BCUT2D eigenvalue weighted by Gasteiger charge is -2.14. The van der Waals surface area contributed by atoms with Crippen molar-refractivity contribution in [3.05, 3.63) is 47.2 Å². The molecule has 0 aliphatic rings. The van der Waals surface area contributed by atoms with Crippen molar-refractivity contribution in [2.75, 3.05) is 24.9 Å². The molecule has 0 saturated carbocycles. The molecule has 0 fully saturated rings. The Morgan fingerprint density at radius 3 is 2.50 bits per heavy atom. The molecule has 0 unspecified atom stereocenters. The summed E-state index contributed by atoms with van der Waals surface area (Å²) >= 11 is 10.9. The molecule has 0 heterocycles. The van der Waals surface area contributed by atoms with Gasteiger partial charge in [-0.1, -0.05) is 17.7 Å². The molecular weight excluding hydrogens is 327 g/mol. The summed E-state index contributed by atoms with van der Waals surface area (Å²) < 4.78 is 24.2. The summed E-state index contributed by atoms with van der Waals surface area (Å²) in [5, 5.41) is 5.93. The monoisotopic (exact) mass is 340 g/mol. The first kappa shape index (κ1) is 16.3. The Morgan fingerprint density at radius 2 is 1.82 bits per heavy atom. The van der Waals surface area contributed by atoms with Crippen LogP contribution in [0.2, 0.25) is 5.02 Å². The SMILES string of the molecule is COc1ccc(NC(=S)Nc2cccc(Cl)c2F)c(OC)c1. The fourth-order valence-corrected chi connectivity index (χ4v) is 2.17. The second kappa shape index (κ2) is 7.29. The Kier molecular flexibility index (Phi) is 5.41. The normalized spacial score (nSPS) is 10.0. The van der Waals surface area contributed by atoms with Crippen LogP contribution in [0.5, 0.6) is 11.5 Å². The van der Waals surface area contributed by atoms with E-state index in [1.54, 1.807) is 37.4 Å². The van der Waals surface area contributed by atoms with Gasteiger partial charge in [0.2, 0.25) is 0 Å². The Bertz CT molecular complexity index is 697. The highest BCUT2D eigenvalue weighted by Crippen LogP contribution is 2.29. The smallest absolute Gasteiger partial charge is 0.175 e. The van der Waals surface area contributed by atoms with Crippen molar-refractivity contribution in [1.82, 2.24) is 0 Å². The van der Waals surface area contributed by atoms with Gasteiger partial charge in [0, 0.05) is 6.07 Å². The molecule has 4 nitrogen and oxygen atoms in total. The predicted octanol–water partition coefficient (Wildman–Crippen LogP) is 4.31. The van der Waals surface area contributed by atoms with Gasteiger partial charge in [-0.25, -0.2) is 4.39 Å². The Hall–Kier alpha value is -2.05. The van der Waals surface area contributed by atoms with Crippen molar-refractivity contribution in [2.45, 2.75) is 0 Å². The van der Waals surface area contributed by atoms with Gasteiger partial charge in [-0.2, -0.15) is 0 Å². The van der Waals surface area contributed by atoms with Gasteiger partial charge in [0.15, 0.2) is 10.9 Å². The van der Waals surface area contributed by atoms with Crippen molar-refractivity contribution in [3.63, 3.8) is 0 Å². The zero-order valence-electron chi connectivity index (χ0n) is 11.9. The molecular formula is C15H14ClFN2O2S. The summed E-state index contributed by atoms with van der Waals surface area (Å²) in [5.41, 5.74) is 0.820. The van der Waals surface area contributed by atoms with E-state index in [-0.39, 0.29) is 15.8 Å². The minimum Gasteiger partial charge on any atom is -0.497 e. The molecule has 0 spiro atoms. The molecule has 2 rings (SSSR count). The van der Waals surface area contributed by atoms with Crippen LogP contribution in [0.1, 0.15) is 0 Å². The van der Waals surface area contributed by atoms with Crippen molar-refractivity contribution < 1.29 is 13.9 Å². The van der Waals surface area contributed by atoms with Gasteiger partial charge in [0.05, 0.1) is 30.6 Å². The zero-order chi connectivity index (χ0) is 16.1. The fraction of sp³-hybridized carbons (Fsp3) is 0.133. The number of ether oxygens (including phenoxy) is 2. The molecule has 2 N–H and O–H groups in total. The van der Waals surface area contributed by atoms with Crippen molar-refractivity contribution in [3.8, 4) is 11.5 Å². The first-order chi connectivity index (χ1) is 10.5. The molecule has 0 bridgehead atoms. The van der Waals surface area contributed by atoms with Crippen LogP contribution >= 0.6 is 23.8 Å². The molecule has 22 heavy (non-hydrogen) atoms. The molecule has 116 valence electrons. The fourth-order valence-electron chi connectivity index (χ4n) is 1.78. The Balaban J connectivity index is 2.14. The highest BCUT2D eigenvalue weighted by Gasteiger charge is 2.10. The number of hydrogen-bond acceptors (Lipinski definition) is 3. The highest BCUT2D eigenvalue weighted by atomic mass is 35.5. The predicted molar refractivity (Wildman–Crippen MR) is 90.8 cm³/mol. The first-order valence-electron chi connectivity index (χ1n) is 6.29. The number of halogens is 2. The van der Waals surface area contributed by atoms with E-state index in [1.807, 2.05) is 0 Å². The number of thiocarbonyl (C=S) groups is 1. The van der Waals surface area contributed by atoms with Crippen LogP contribution in [0.15, 0.2) is 36.4 Å². The summed E-state index contributed by atoms with van der Waals surface area (Å²) in [6, 6.07) is 9.86. The molecule has 0 atom stereocenters. The van der Waals surface area contributed by atoms with Crippen molar-refractivity contribution in [1.29, 1.82) is 0 Å². The number of methoxy groups -OCH3 is 2. The topological polar surface area (TPSA) is 42.5 Å². The van der Waals surface area contributed by atoms with Crippen molar-refractivity contribution >= 4 is 40.3 Å². The molecule has 0 aromatic heterocycles. The van der Waals surface area contributed by atoms with E-state index in [1.165, 1.54) is 13.2 Å².